The summed E-state index contributed by atoms with van der Waals surface area (Å²) in [6.07, 6.45) is 3.67. The molecule has 1 atom stereocenters. The highest BCUT2D eigenvalue weighted by Gasteiger charge is 2.07. The van der Waals surface area contributed by atoms with Crippen molar-refractivity contribution < 1.29 is 4.52 Å². The second kappa shape index (κ2) is 6.54. The van der Waals surface area contributed by atoms with Crippen molar-refractivity contribution in [2.45, 2.75) is 26.4 Å². The molecule has 4 nitrogen and oxygen atoms in total. The molecule has 3 rings (SSSR count). The Hall–Kier alpha value is -2.46. The van der Waals surface area contributed by atoms with Crippen LogP contribution in [0, 0.1) is 6.92 Å². The van der Waals surface area contributed by atoms with Gasteiger partial charge >= 0.3 is 0 Å². The first-order valence-corrected chi connectivity index (χ1v) is 7.38. The van der Waals surface area contributed by atoms with Gasteiger partial charge in [0.15, 0.2) is 0 Å². The molecule has 0 radical (unpaired) electrons. The lowest BCUT2D eigenvalue weighted by Gasteiger charge is -2.13. The minimum absolute atomic E-state index is 0.250. The molecule has 0 aliphatic heterocycles. The maximum Gasteiger partial charge on any atom is 0.133 e. The first kappa shape index (κ1) is 14.5. The minimum Gasteiger partial charge on any atom is -0.361 e. The molecular formula is C18H19N3O. The molecule has 0 aliphatic carbocycles. The SMILES string of the molecule is Cc1cc(CN[C@H](C)c2ccc(-c3cccnc3)cc2)no1. The zero-order valence-corrected chi connectivity index (χ0v) is 12.8. The van der Waals surface area contributed by atoms with Crippen LogP contribution in [-0.4, -0.2) is 10.1 Å². The van der Waals surface area contributed by atoms with Crippen molar-refractivity contribution in [1.29, 1.82) is 0 Å². The van der Waals surface area contributed by atoms with Crippen molar-refractivity contribution >= 4 is 0 Å². The number of nitrogens with zero attached hydrogens (tertiary/aromatic N) is 2. The van der Waals surface area contributed by atoms with Crippen molar-refractivity contribution in [3.63, 3.8) is 0 Å². The lowest BCUT2D eigenvalue weighted by Crippen LogP contribution is -2.18. The smallest absolute Gasteiger partial charge is 0.133 e. The third-order valence-electron chi connectivity index (χ3n) is 3.67. The van der Waals surface area contributed by atoms with Gasteiger partial charge in [0.05, 0.1) is 5.69 Å². The quantitative estimate of drug-likeness (QED) is 0.775. The Bertz CT molecular complexity index is 720. The standard InChI is InChI=1S/C18H19N3O/c1-13-10-18(21-22-13)12-20-14(2)15-5-7-16(8-6-15)17-4-3-9-19-11-17/h3-11,14,20H,12H2,1-2H3/t14-/m1/s1. The van der Waals surface area contributed by atoms with Crippen LogP contribution in [0.4, 0.5) is 0 Å². The average molecular weight is 293 g/mol. The summed E-state index contributed by atoms with van der Waals surface area (Å²) in [7, 11) is 0. The molecule has 3 aromatic rings. The molecule has 22 heavy (non-hydrogen) atoms. The number of aryl methyl sites for hydroxylation is 1. The zero-order valence-electron chi connectivity index (χ0n) is 12.8. The normalized spacial score (nSPS) is 12.3. The molecule has 0 bridgehead atoms. The molecule has 2 aromatic heterocycles. The van der Waals surface area contributed by atoms with Gasteiger partial charge in [0, 0.05) is 31.0 Å². The van der Waals surface area contributed by atoms with Gasteiger partial charge in [0.2, 0.25) is 0 Å². The summed E-state index contributed by atoms with van der Waals surface area (Å²) in [4.78, 5) is 4.16. The number of hydrogen-bond acceptors (Lipinski definition) is 4. The fourth-order valence-electron chi connectivity index (χ4n) is 2.37. The van der Waals surface area contributed by atoms with E-state index < -0.39 is 0 Å². The van der Waals surface area contributed by atoms with Crippen LogP contribution in [0.15, 0.2) is 59.4 Å². The summed E-state index contributed by atoms with van der Waals surface area (Å²) in [6.45, 7) is 4.74. The Morgan fingerprint density at radius 2 is 1.95 bits per heavy atom. The summed E-state index contributed by atoms with van der Waals surface area (Å²) in [6, 6.07) is 14.8. The van der Waals surface area contributed by atoms with Gasteiger partial charge in [-0.1, -0.05) is 35.5 Å². The third kappa shape index (κ3) is 3.40. The Kier molecular flexibility index (Phi) is 4.30. The summed E-state index contributed by atoms with van der Waals surface area (Å²) in [5, 5.41) is 7.44. The van der Waals surface area contributed by atoms with Gasteiger partial charge in [0.1, 0.15) is 5.76 Å². The first-order valence-electron chi connectivity index (χ1n) is 7.38. The molecule has 112 valence electrons. The fraction of sp³-hybridized carbons (Fsp3) is 0.222. The van der Waals surface area contributed by atoms with E-state index in [0.717, 1.165) is 17.0 Å². The van der Waals surface area contributed by atoms with Crippen molar-refractivity contribution in [3.05, 3.63) is 71.9 Å². The third-order valence-corrected chi connectivity index (χ3v) is 3.67. The van der Waals surface area contributed by atoms with Gasteiger partial charge in [-0.05, 0) is 36.6 Å². The van der Waals surface area contributed by atoms with E-state index in [2.05, 4.69) is 52.7 Å². The summed E-state index contributed by atoms with van der Waals surface area (Å²) in [5.41, 5.74) is 4.48. The molecule has 0 spiro atoms. The van der Waals surface area contributed by atoms with Gasteiger partial charge < -0.3 is 9.84 Å². The van der Waals surface area contributed by atoms with Crippen LogP contribution in [0.3, 0.4) is 0 Å². The average Bonchev–Trinajstić information content (AvgIpc) is 2.99. The molecule has 0 saturated heterocycles. The molecule has 1 aromatic carbocycles. The number of pyridine rings is 1. The zero-order chi connectivity index (χ0) is 15.4. The lowest BCUT2D eigenvalue weighted by atomic mass is 10.0. The minimum atomic E-state index is 0.250. The van der Waals surface area contributed by atoms with Crippen molar-refractivity contribution in [2.24, 2.45) is 0 Å². The van der Waals surface area contributed by atoms with E-state index in [1.54, 1.807) is 6.20 Å². The fourth-order valence-corrected chi connectivity index (χ4v) is 2.37. The van der Waals surface area contributed by atoms with Gasteiger partial charge in [-0.15, -0.1) is 0 Å². The van der Waals surface area contributed by atoms with E-state index >= 15 is 0 Å². The van der Waals surface area contributed by atoms with E-state index in [1.807, 2.05) is 25.3 Å². The molecule has 0 fully saturated rings. The predicted molar refractivity (Wildman–Crippen MR) is 86.2 cm³/mol. The molecule has 1 N–H and O–H groups in total. The van der Waals surface area contributed by atoms with E-state index in [9.17, 15) is 0 Å². The number of hydrogen-bond donors (Lipinski definition) is 1. The maximum atomic E-state index is 5.07. The van der Waals surface area contributed by atoms with E-state index in [-0.39, 0.29) is 6.04 Å². The number of nitrogens with one attached hydrogen (secondary N) is 1. The molecule has 2 heterocycles. The number of benzene rings is 1. The Morgan fingerprint density at radius 1 is 1.14 bits per heavy atom. The van der Waals surface area contributed by atoms with Gasteiger partial charge in [-0.3, -0.25) is 4.98 Å². The topological polar surface area (TPSA) is 51.0 Å². The van der Waals surface area contributed by atoms with Crippen LogP contribution in [0.5, 0.6) is 0 Å². The molecule has 0 aliphatic rings. The van der Waals surface area contributed by atoms with E-state index in [1.165, 1.54) is 11.1 Å². The van der Waals surface area contributed by atoms with Crippen molar-refractivity contribution in [2.75, 3.05) is 0 Å². The highest BCUT2D eigenvalue weighted by atomic mass is 16.5. The lowest BCUT2D eigenvalue weighted by molar-refractivity contribution is 0.386. The van der Waals surface area contributed by atoms with Crippen LogP contribution >= 0.6 is 0 Å². The molecule has 0 saturated carbocycles. The molecular weight excluding hydrogens is 274 g/mol. The number of aromatic nitrogens is 2. The highest BCUT2D eigenvalue weighted by molar-refractivity contribution is 5.62. The summed E-state index contributed by atoms with van der Waals surface area (Å²) >= 11 is 0. The maximum absolute atomic E-state index is 5.07. The van der Waals surface area contributed by atoms with Crippen LogP contribution < -0.4 is 5.32 Å². The molecule has 0 unspecified atom stereocenters. The Morgan fingerprint density at radius 3 is 2.59 bits per heavy atom. The van der Waals surface area contributed by atoms with Crippen LogP contribution in [0.2, 0.25) is 0 Å². The van der Waals surface area contributed by atoms with Gasteiger partial charge in [-0.25, -0.2) is 0 Å². The van der Waals surface area contributed by atoms with Gasteiger partial charge in [-0.2, -0.15) is 0 Å². The van der Waals surface area contributed by atoms with Crippen molar-refractivity contribution in [3.8, 4) is 11.1 Å². The predicted octanol–water partition coefficient (Wildman–Crippen LogP) is 3.90. The number of rotatable bonds is 5. The highest BCUT2D eigenvalue weighted by Crippen LogP contribution is 2.21. The molecule has 4 heteroatoms. The Balaban J connectivity index is 1.64. The van der Waals surface area contributed by atoms with E-state index in [4.69, 9.17) is 4.52 Å². The van der Waals surface area contributed by atoms with Crippen LogP contribution in [-0.2, 0) is 6.54 Å². The summed E-state index contributed by atoms with van der Waals surface area (Å²) in [5.74, 6) is 0.838. The van der Waals surface area contributed by atoms with Gasteiger partial charge in [0.25, 0.3) is 0 Å². The largest absolute Gasteiger partial charge is 0.361 e. The first-order chi connectivity index (χ1) is 10.7. The van der Waals surface area contributed by atoms with Crippen LogP contribution in [0.1, 0.15) is 30.0 Å². The van der Waals surface area contributed by atoms with E-state index in [0.29, 0.717) is 6.54 Å². The van der Waals surface area contributed by atoms with Crippen LogP contribution in [0.25, 0.3) is 11.1 Å². The monoisotopic (exact) mass is 293 g/mol. The second-order valence-electron chi connectivity index (χ2n) is 5.40. The van der Waals surface area contributed by atoms with Crippen molar-refractivity contribution in [1.82, 2.24) is 15.5 Å². The Labute approximate surface area is 130 Å². The second-order valence-corrected chi connectivity index (χ2v) is 5.40. The molecule has 0 amide bonds. The summed E-state index contributed by atoms with van der Waals surface area (Å²) < 4.78 is 5.07.